The van der Waals surface area contributed by atoms with Crippen molar-refractivity contribution in [3.05, 3.63) is 28.2 Å². The van der Waals surface area contributed by atoms with Gasteiger partial charge in [0.1, 0.15) is 5.75 Å². The van der Waals surface area contributed by atoms with Crippen molar-refractivity contribution in [1.82, 2.24) is 14.3 Å². The molecule has 30 heavy (non-hydrogen) atoms. The monoisotopic (exact) mass is 501 g/mol. The van der Waals surface area contributed by atoms with E-state index in [2.05, 4.69) is 42.4 Å². The second-order valence-electron chi connectivity index (χ2n) is 8.78. The van der Waals surface area contributed by atoms with Crippen LogP contribution in [0, 0.1) is 11.8 Å². The smallest absolute Gasteiger partial charge is 0.276 e. The Bertz CT molecular complexity index is 774. The van der Waals surface area contributed by atoms with Crippen LogP contribution in [0.1, 0.15) is 50.5 Å². The fourth-order valence-corrected chi connectivity index (χ4v) is 5.97. The van der Waals surface area contributed by atoms with Gasteiger partial charge in [0.25, 0.3) is 10.2 Å². The van der Waals surface area contributed by atoms with E-state index < -0.39 is 10.2 Å². The van der Waals surface area contributed by atoms with Gasteiger partial charge in [-0.3, -0.25) is 0 Å². The molecule has 0 atom stereocenters. The summed E-state index contributed by atoms with van der Waals surface area (Å²) in [5.74, 6) is 2.39. The van der Waals surface area contributed by atoms with Gasteiger partial charge in [-0.05, 0) is 107 Å². The summed E-state index contributed by atoms with van der Waals surface area (Å²) in [7, 11) is -0.147. The first-order valence-electron chi connectivity index (χ1n) is 11.1. The number of piperidine rings is 1. The standard InChI is InChI=1S/C22H36BrN3O3S/c1-24-30(27,28)25-20-5-3-17(4-6-20)9-12-26-13-10-18(11-14-26)15-19-16-21(29-2)7-8-22(19)23/h7-8,16-18,20,24-25H,3-6,9-15H2,1-2H3. The molecule has 0 aromatic heterocycles. The zero-order chi connectivity index (χ0) is 21.6. The van der Waals surface area contributed by atoms with Crippen molar-refractivity contribution in [1.29, 1.82) is 0 Å². The van der Waals surface area contributed by atoms with Gasteiger partial charge in [0.05, 0.1) is 7.11 Å². The number of rotatable bonds is 9. The van der Waals surface area contributed by atoms with Crippen molar-refractivity contribution in [3.8, 4) is 5.75 Å². The number of hydrogen-bond donors (Lipinski definition) is 2. The molecule has 1 aromatic rings. The number of methoxy groups -OCH3 is 1. The first-order chi connectivity index (χ1) is 14.4. The highest BCUT2D eigenvalue weighted by Gasteiger charge is 2.25. The largest absolute Gasteiger partial charge is 0.497 e. The Morgan fingerprint density at radius 2 is 1.80 bits per heavy atom. The minimum absolute atomic E-state index is 0.0883. The quantitative estimate of drug-likeness (QED) is 0.540. The number of hydrogen-bond acceptors (Lipinski definition) is 4. The first-order valence-corrected chi connectivity index (χ1v) is 13.4. The molecule has 8 heteroatoms. The summed E-state index contributed by atoms with van der Waals surface area (Å²) in [5, 5.41) is 0. The molecule has 0 bridgehead atoms. The topological polar surface area (TPSA) is 70.7 Å². The van der Waals surface area contributed by atoms with Crippen LogP contribution < -0.4 is 14.2 Å². The molecular weight excluding hydrogens is 466 g/mol. The van der Waals surface area contributed by atoms with Gasteiger partial charge in [0, 0.05) is 17.6 Å². The summed E-state index contributed by atoms with van der Waals surface area (Å²) in [6.07, 6.45) is 8.99. The Hall–Kier alpha value is -0.670. The number of ether oxygens (including phenoxy) is 1. The van der Waals surface area contributed by atoms with E-state index in [0.717, 1.165) is 49.7 Å². The molecule has 1 saturated heterocycles. The Labute approximate surface area is 190 Å². The highest BCUT2D eigenvalue weighted by Crippen LogP contribution is 2.30. The van der Waals surface area contributed by atoms with E-state index >= 15 is 0 Å². The average molecular weight is 503 g/mol. The van der Waals surface area contributed by atoms with E-state index in [9.17, 15) is 8.42 Å². The van der Waals surface area contributed by atoms with Gasteiger partial charge in [-0.15, -0.1) is 0 Å². The van der Waals surface area contributed by atoms with E-state index in [1.165, 1.54) is 56.0 Å². The maximum Gasteiger partial charge on any atom is 0.276 e. The molecule has 6 nitrogen and oxygen atoms in total. The maximum atomic E-state index is 11.6. The lowest BCUT2D eigenvalue weighted by atomic mass is 9.84. The van der Waals surface area contributed by atoms with Crippen LogP contribution in [-0.2, 0) is 16.6 Å². The van der Waals surface area contributed by atoms with Crippen molar-refractivity contribution in [3.63, 3.8) is 0 Å². The molecule has 1 heterocycles. The van der Waals surface area contributed by atoms with Gasteiger partial charge in [0.15, 0.2) is 0 Å². The lowest BCUT2D eigenvalue weighted by Crippen LogP contribution is -2.43. The summed E-state index contributed by atoms with van der Waals surface area (Å²) in [5.41, 5.74) is 1.35. The van der Waals surface area contributed by atoms with Crippen LogP contribution in [0.15, 0.2) is 22.7 Å². The number of nitrogens with one attached hydrogen (secondary N) is 2. The molecule has 1 aromatic carbocycles. The van der Waals surface area contributed by atoms with Gasteiger partial charge >= 0.3 is 0 Å². The van der Waals surface area contributed by atoms with Gasteiger partial charge < -0.3 is 9.64 Å². The zero-order valence-electron chi connectivity index (χ0n) is 18.2. The highest BCUT2D eigenvalue weighted by atomic mass is 79.9. The van der Waals surface area contributed by atoms with Crippen molar-refractivity contribution < 1.29 is 13.2 Å². The molecule has 3 rings (SSSR count). The molecule has 170 valence electrons. The minimum Gasteiger partial charge on any atom is -0.497 e. The van der Waals surface area contributed by atoms with E-state index in [1.807, 2.05) is 6.07 Å². The number of likely N-dealkylation sites (tertiary alicyclic amines) is 1. The number of nitrogens with zero attached hydrogens (tertiary/aromatic N) is 1. The van der Waals surface area contributed by atoms with Crippen LogP contribution in [-0.4, -0.2) is 53.2 Å². The van der Waals surface area contributed by atoms with E-state index in [1.54, 1.807) is 7.11 Å². The predicted octanol–water partition coefficient (Wildman–Crippen LogP) is 3.71. The molecule has 1 saturated carbocycles. The van der Waals surface area contributed by atoms with Crippen LogP contribution in [0.4, 0.5) is 0 Å². The molecular formula is C22H36BrN3O3S. The minimum atomic E-state index is -3.32. The summed E-state index contributed by atoms with van der Waals surface area (Å²) >= 11 is 3.68. The fourth-order valence-electron chi connectivity index (χ4n) is 4.77. The van der Waals surface area contributed by atoms with Crippen LogP contribution in [0.3, 0.4) is 0 Å². The van der Waals surface area contributed by atoms with Crippen molar-refractivity contribution >= 4 is 26.1 Å². The lowest BCUT2D eigenvalue weighted by Gasteiger charge is -2.34. The van der Waals surface area contributed by atoms with Crippen LogP contribution in [0.5, 0.6) is 5.75 Å². The maximum absolute atomic E-state index is 11.6. The zero-order valence-corrected chi connectivity index (χ0v) is 20.6. The van der Waals surface area contributed by atoms with Crippen molar-refractivity contribution in [2.45, 2.75) is 57.4 Å². The predicted molar refractivity (Wildman–Crippen MR) is 125 cm³/mol. The average Bonchev–Trinajstić information content (AvgIpc) is 2.75. The summed E-state index contributed by atoms with van der Waals surface area (Å²) in [4.78, 5) is 2.62. The van der Waals surface area contributed by atoms with Crippen molar-refractivity contribution in [2.75, 3.05) is 33.8 Å². The molecule has 1 aliphatic heterocycles. The van der Waals surface area contributed by atoms with Gasteiger partial charge in [-0.1, -0.05) is 15.9 Å². The number of benzene rings is 1. The van der Waals surface area contributed by atoms with Gasteiger partial charge in [-0.2, -0.15) is 13.1 Å². The normalized spacial score (nSPS) is 24.1. The Morgan fingerprint density at radius 3 is 2.43 bits per heavy atom. The Morgan fingerprint density at radius 1 is 1.10 bits per heavy atom. The third-order valence-corrected chi connectivity index (χ3v) is 8.71. The molecule has 0 spiro atoms. The third-order valence-electron chi connectivity index (χ3n) is 6.76. The van der Waals surface area contributed by atoms with Gasteiger partial charge in [0.2, 0.25) is 0 Å². The first kappa shape index (κ1) is 24.0. The summed E-state index contributed by atoms with van der Waals surface area (Å²) < 4.78 is 34.9. The Balaban J connectivity index is 1.35. The molecule has 2 fully saturated rings. The second kappa shape index (κ2) is 11.3. The molecule has 2 N–H and O–H groups in total. The van der Waals surface area contributed by atoms with Crippen molar-refractivity contribution in [2.24, 2.45) is 11.8 Å². The fraction of sp³-hybridized carbons (Fsp3) is 0.727. The lowest BCUT2D eigenvalue weighted by molar-refractivity contribution is 0.164. The number of halogens is 1. The SMILES string of the molecule is CNS(=O)(=O)NC1CCC(CCN2CCC(Cc3cc(OC)ccc3Br)CC2)CC1. The Kier molecular flexibility index (Phi) is 9.01. The summed E-state index contributed by atoms with van der Waals surface area (Å²) in [6, 6.07) is 6.33. The van der Waals surface area contributed by atoms with Crippen LogP contribution in [0.2, 0.25) is 0 Å². The molecule has 0 radical (unpaired) electrons. The molecule has 2 aliphatic rings. The second-order valence-corrected chi connectivity index (χ2v) is 11.3. The van der Waals surface area contributed by atoms with E-state index in [-0.39, 0.29) is 6.04 Å². The van der Waals surface area contributed by atoms with Crippen LogP contribution in [0.25, 0.3) is 0 Å². The van der Waals surface area contributed by atoms with Gasteiger partial charge in [-0.25, -0.2) is 4.72 Å². The van der Waals surface area contributed by atoms with E-state index in [4.69, 9.17) is 4.74 Å². The third kappa shape index (κ3) is 7.19. The highest BCUT2D eigenvalue weighted by molar-refractivity contribution is 9.10. The molecule has 0 unspecified atom stereocenters. The summed E-state index contributed by atoms with van der Waals surface area (Å²) in [6.45, 7) is 3.54. The molecule has 1 aliphatic carbocycles. The van der Waals surface area contributed by atoms with Crippen LogP contribution >= 0.6 is 15.9 Å². The molecule has 0 amide bonds. The van der Waals surface area contributed by atoms with E-state index in [0.29, 0.717) is 0 Å².